The quantitative estimate of drug-likeness (QED) is 0.777. The van der Waals surface area contributed by atoms with Gasteiger partial charge in [0, 0.05) is 0 Å². The van der Waals surface area contributed by atoms with Crippen molar-refractivity contribution in [2.75, 3.05) is 13.2 Å². The summed E-state index contributed by atoms with van der Waals surface area (Å²) in [6.07, 6.45) is 2.46. The molecule has 0 saturated carbocycles. The van der Waals surface area contributed by atoms with Gasteiger partial charge in [0.2, 0.25) is 0 Å². The Hall–Kier alpha value is -1.24. The lowest BCUT2D eigenvalue weighted by Gasteiger charge is -2.15. The molecule has 1 aromatic carbocycles. The van der Waals surface area contributed by atoms with E-state index in [4.69, 9.17) is 27.3 Å². The van der Waals surface area contributed by atoms with Crippen LogP contribution < -0.4 is 10.5 Å². The molecule has 0 atom stereocenters. The molecule has 0 aliphatic rings. The maximum atomic E-state index is 8.91. The molecule has 1 rings (SSSR count). The summed E-state index contributed by atoms with van der Waals surface area (Å²) in [5.41, 5.74) is 6.32. The van der Waals surface area contributed by atoms with E-state index in [2.05, 4.69) is 6.07 Å². The van der Waals surface area contributed by atoms with Crippen LogP contribution in [0.4, 0.5) is 0 Å². The molecule has 0 spiro atoms. The predicted molar refractivity (Wildman–Crippen MR) is 78.3 cm³/mol. The molecule has 0 fully saturated rings. The molecule has 3 nitrogen and oxygen atoms in total. The van der Waals surface area contributed by atoms with Crippen molar-refractivity contribution < 1.29 is 4.74 Å². The second-order valence-corrected chi connectivity index (χ2v) is 5.66. The Balaban J connectivity index is 2.44. The van der Waals surface area contributed by atoms with Gasteiger partial charge in [-0.2, -0.15) is 5.26 Å². The van der Waals surface area contributed by atoms with Crippen molar-refractivity contribution in [1.29, 1.82) is 5.26 Å². The normalized spacial score (nSPS) is 11.1. The zero-order valence-corrected chi connectivity index (χ0v) is 12.3. The first kappa shape index (κ1) is 15.8. The monoisotopic (exact) mass is 280 g/mol. The van der Waals surface area contributed by atoms with E-state index in [1.165, 1.54) is 0 Å². The van der Waals surface area contributed by atoms with Crippen LogP contribution in [0, 0.1) is 16.7 Å². The molecule has 0 bridgehead atoms. The molecule has 0 radical (unpaired) electrons. The highest BCUT2D eigenvalue weighted by Crippen LogP contribution is 2.26. The molecule has 0 aliphatic carbocycles. The first-order valence-electron chi connectivity index (χ1n) is 6.51. The summed E-state index contributed by atoms with van der Waals surface area (Å²) in [6, 6.07) is 8.03. The van der Waals surface area contributed by atoms with Gasteiger partial charge in [0.1, 0.15) is 5.75 Å². The highest BCUT2D eigenvalue weighted by Gasteiger charge is 2.15. The van der Waals surface area contributed by atoms with Crippen molar-refractivity contribution >= 4 is 11.6 Å². The van der Waals surface area contributed by atoms with Gasteiger partial charge in [0.05, 0.1) is 23.1 Å². The summed E-state index contributed by atoms with van der Waals surface area (Å²) >= 11 is 6.14. The molecule has 1 aromatic rings. The van der Waals surface area contributed by atoms with Crippen molar-refractivity contribution in [3.8, 4) is 11.8 Å². The smallest absolute Gasteiger partial charge is 0.137 e. The summed E-state index contributed by atoms with van der Waals surface area (Å²) < 4.78 is 5.64. The Labute approximate surface area is 120 Å². The van der Waals surface area contributed by atoms with Gasteiger partial charge < -0.3 is 10.5 Å². The molecule has 19 heavy (non-hydrogen) atoms. The first-order chi connectivity index (χ1) is 8.98. The number of benzene rings is 1. The van der Waals surface area contributed by atoms with Crippen LogP contribution >= 0.6 is 11.6 Å². The fourth-order valence-electron chi connectivity index (χ4n) is 1.74. The first-order valence-corrected chi connectivity index (χ1v) is 6.89. The summed E-state index contributed by atoms with van der Waals surface area (Å²) in [5, 5.41) is 9.53. The molecule has 0 aromatic heterocycles. The zero-order valence-electron chi connectivity index (χ0n) is 11.6. The molecular formula is C15H21ClN2O. The standard InChI is InChI=1S/C15H21ClN2O/c1-15(2,11-18)7-3-9-19-14-5-4-12(6-8-17)10-13(14)16/h4-5,10H,3,6-9,17H2,1-2H3. The average Bonchev–Trinajstić information content (AvgIpc) is 2.37. The van der Waals surface area contributed by atoms with Gasteiger partial charge in [0.15, 0.2) is 0 Å². The van der Waals surface area contributed by atoms with Gasteiger partial charge in [0.25, 0.3) is 0 Å². The third-order valence-corrected chi connectivity index (χ3v) is 3.23. The molecule has 0 saturated heterocycles. The summed E-state index contributed by atoms with van der Waals surface area (Å²) in [6.45, 7) is 5.05. The SMILES string of the molecule is CC(C)(C#N)CCCOc1ccc(CCN)cc1Cl. The number of rotatable bonds is 7. The second-order valence-electron chi connectivity index (χ2n) is 5.25. The van der Waals surface area contributed by atoms with Gasteiger partial charge in [-0.25, -0.2) is 0 Å². The molecular weight excluding hydrogens is 260 g/mol. The van der Waals surface area contributed by atoms with E-state index in [1.54, 1.807) is 0 Å². The lowest BCUT2D eigenvalue weighted by Crippen LogP contribution is -2.10. The van der Waals surface area contributed by atoms with Gasteiger partial charge in [-0.15, -0.1) is 0 Å². The molecule has 0 heterocycles. The van der Waals surface area contributed by atoms with E-state index in [1.807, 2.05) is 32.0 Å². The Morgan fingerprint density at radius 2 is 2.16 bits per heavy atom. The maximum Gasteiger partial charge on any atom is 0.137 e. The molecule has 0 aliphatic heterocycles. The number of nitriles is 1. The van der Waals surface area contributed by atoms with E-state index < -0.39 is 0 Å². The minimum absolute atomic E-state index is 0.294. The Kier molecular flexibility index (Phi) is 6.14. The lowest BCUT2D eigenvalue weighted by molar-refractivity contribution is 0.284. The third-order valence-electron chi connectivity index (χ3n) is 2.94. The maximum absolute atomic E-state index is 8.91. The highest BCUT2D eigenvalue weighted by molar-refractivity contribution is 6.32. The topological polar surface area (TPSA) is 59.0 Å². The number of ether oxygens (including phenoxy) is 1. The summed E-state index contributed by atoms with van der Waals surface area (Å²) in [4.78, 5) is 0. The highest BCUT2D eigenvalue weighted by atomic mass is 35.5. The van der Waals surface area contributed by atoms with Crippen LogP contribution in [0.2, 0.25) is 5.02 Å². The molecule has 0 unspecified atom stereocenters. The van der Waals surface area contributed by atoms with Crippen molar-refractivity contribution in [3.63, 3.8) is 0 Å². The van der Waals surface area contributed by atoms with Gasteiger partial charge in [-0.1, -0.05) is 17.7 Å². The largest absolute Gasteiger partial charge is 0.492 e. The van der Waals surface area contributed by atoms with E-state index in [0.29, 0.717) is 23.9 Å². The van der Waals surface area contributed by atoms with E-state index >= 15 is 0 Å². The van der Waals surface area contributed by atoms with Crippen LogP contribution in [0.15, 0.2) is 18.2 Å². The van der Waals surface area contributed by atoms with E-state index in [9.17, 15) is 0 Å². The van der Waals surface area contributed by atoms with Crippen LogP contribution in [0.3, 0.4) is 0 Å². The molecule has 104 valence electrons. The lowest BCUT2D eigenvalue weighted by atomic mass is 9.90. The van der Waals surface area contributed by atoms with Crippen LogP contribution in [0.1, 0.15) is 32.3 Å². The Morgan fingerprint density at radius 3 is 2.74 bits per heavy atom. The molecule has 0 amide bonds. The summed E-state index contributed by atoms with van der Waals surface area (Å²) in [7, 11) is 0. The van der Waals surface area contributed by atoms with Crippen molar-refractivity contribution in [1.82, 2.24) is 0 Å². The van der Waals surface area contributed by atoms with Gasteiger partial charge in [-0.3, -0.25) is 0 Å². The van der Waals surface area contributed by atoms with Crippen molar-refractivity contribution in [3.05, 3.63) is 28.8 Å². The number of nitrogens with zero attached hydrogens (tertiary/aromatic N) is 1. The van der Waals surface area contributed by atoms with E-state index in [-0.39, 0.29) is 5.41 Å². The summed E-state index contributed by atoms with van der Waals surface area (Å²) in [5.74, 6) is 0.692. The van der Waals surface area contributed by atoms with Crippen LogP contribution in [0.25, 0.3) is 0 Å². The fourth-order valence-corrected chi connectivity index (χ4v) is 1.99. The third kappa shape index (κ3) is 5.50. The number of hydrogen-bond donors (Lipinski definition) is 1. The fraction of sp³-hybridized carbons (Fsp3) is 0.533. The van der Waals surface area contributed by atoms with Crippen LogP contribution in [-0.4, -0.2) is 13.2 Å². The Bertz CT molecular complexity index is 452. The minimum atomic E-state index is -0.294. The zero-order chi connectivity index (χ0) is 14.3. The van der Waals surface area contributed by atoms with Crippen LogP contribution in [-0.2, 0) is 6.42 Å². The molecule has 4 heteroatoms. The van der Waals surface area contributed by atoms with E-state index in [0.717, 1.165) is 24.8 Å². The van der Waals surface area contributed by atoms with Gasteiger partial charge >= 0.3 is 0 Å². The number of nitrogens with two attached hydrogens (primary N) is 1. The minimum Gasteiger partial charge on any atom is -0.492 e. The van der Waals surface area contributed by atoms with Crippen molar-refractivity contribution in [2.24, 2.45) is 11.1 Å². The van der Waals surface area contributed by atoms with Crippen LogP contribution in [0.5, 0.6) is 5.75 Å². The Morgan fingerprint density at radius 1 is 1.42 bits per heavy atom. The van der Waals surface area contributed by atoms with Crippen molar-refractivity contribution in [2.45, 2.75) is 33.1 Å². The predicted octanol–water partition coefficient (Wildman–Crippen LogP) is 3.55. The second kappa shape index (κ2) is 7.37. The molecule has 2 N–H and O–H groups in total. The average molecular weight is 281 g/mol. The number of halogens is 1. The number of hydrogen-bond acceptors (Lipinski definition) is 3. The van der Waals surface area contributed by atoms with Gasteiger partial charge in [-0.05, 0) is 57.4 Å².